The zero-order chi connectivity index (χ0) is 18.2. The number of nitrogens with zero attached hydrogens (tertiary/aromatic N) is 2. The van der Waals surface area contributed by atoms with Gasteiger partial charge in [-0.25, -0.2) is 4.79 Å². The Morgan fingerprint density at radius 2 is 1.84 bits per heavy atom. The summed E-state index contributed by atoms with van der Waals surface area (Å²) in [4.78, 5) is 36.6. The summed E-state index contributed by atoms with van der Waals surface area (Å²) in [5.74, 6) is -0.382. The SMILES string of the molecule is Cc1cccc(CN2C(=O)N[C@@](C)(c3ccc([N+](=O)[O-])cc3)C2=O)c1. The van der Waals surface area contributed by atoms with Gasteiger partial charge in [0.2, 0.25) is 0 Å². The zero-order valence-electron chi connectivity index (χ0n) is 13.9. The number of non-ortho nitro benzene ring substituents is 1. The second-order valence-electron chi connectivity index (χ2n) is 6.24. The summed E-state index contributed by atoms with van der Waals surface area (Å²) in [5.41, 5.74) is 1.10. The van der Waals surface area contributed by atoms with Gasteiger partial charge in [-0.3, -0.25) is 19.8 Å². The Labute approximate surface area is 144 Å². The molecule has 0 saturated carbocycles. The lowest BCUT2D eigenvalue weighted by atomic mass is 9.92. The first-order valence-corrected chi connectivity index (χ1v) is 7.76. The summed E-state index contributed by atoms with van der Waals surface area (Å²) >= 11 is 0. The minimum atomic E-state index is -1.24. The summed E-state index contributed by atoms with van der Waals surface area (Å²) in [5, 5.41) is 13.5. The molecular weight excluding hydrogens is 322 g/mol. The number of nitrogens with one attached hydrogen (secondary N) is 1. The summed E-state index contributed by atoms with van der Waals surface area (Å²) in [7, 11) is 0. The maximum atomic E-state index is 12.9. The first kappa shape index (κ1) is 16.6. The Hall–Kier alpha value is -3.22. The lowest BCUT2D eigenvalue weighted by Crippen LogP contribution is -2.40. The minimum absolute atomic E-state index is 0.0688. The van der Waals surface area contributed by atoms with Gasteiger partial charge < -0.3 is 5.32 Å². The van der Waals surface area contributed by atoms with E-state index in [0.29, 0.717) is 5.56 Å². The van der Waals surface area contributed by atoms with Crippen molar-refractivity contribution in [1.29, 1.82) is 0 Å². The zero-order valence-corrected chi connectivity index (χ0v) is 13.9. The number of carbonyl (C=O) groups is 2. The van der Waals surface area contributed by atoms with Gasteiger partial charge in [0.1, 0.15) is 5.54 Å². The van der Waals surface area contributed by atoms with Crippen LogP contribution in [0, 0.1) is 17.0 Å². The molecule has 7 nitrogen and oxygen atoms in total. The number of benzene rings is 2. The molecule has 1 heterocycles. The number of imide groups is 1. The largest absolute Gasteiger partial charge is 0.325 e. The van der Waals surface area contributed by atoms with E-state index in [1.54, 1.807) is 6.92 Å². The van der Waals surface area contributed by atoms with Crippen LogP contribution in [0.5, 0.6) is 0 Å². The van der Waals surface area contributed by atoms with Crippen LogP contribution in [0.4, 0.5) is 10.5 Å². The van der Waals surface area contributed by atoms with Crippen LogP contribution in [0.15, 0.2) is 48.5 Å². The highest BCUT2D eigenvalue weighted by molar-refractivity contribution is 6.07. The third kappa shape index (κ3) is 2.96. The smallest absolute Gasteiger partial charge is 0.319 e. The average molecular weight is 339 g/mol. The van der Waals surface area contributed by atoms with Crippen molar-refractivity contribution in [3.63, 3.8) is 0 Å². The van der Waals surface area contributed by atoms with Crippen molar-refractivity contribution >= 4 is 17.6 Å². The Balaban J connectivity index is 1.87. The first-order chi connectivity index (χ1) is 11.8. The van der Waals surface area contributed by atoms with Crippen LogP contribution in [0.25, 0.3) is 0 Å². The predicted molar refractivity (Wildman–Crippen MR) is 90.7 cm³/mol. The number of carbonyl (C=O) groups excluding carboxylic acids is 2. The van der Waals surface area contributed by atoms with Crippen molar-refractivity contribution in [3.8, 4) is 0 Å². The molecule has 0 radical (unpaired) electrons. The van der Waals surface area contributed by atoms with E-state index < -0.39 is 16.5 Å². The number of amides is 3. The standard InChI is InChI=1S/C18H17N3O4/c1-12-4-3-5-13(10-12)11-20-16(22)18(2,19-17(20)23)14-6-8-15(9-7-14)21(24)25/h3-10H,11H2,1-2H3,(H,19,23)/t18-/m0/s1. The molecule has 7 heteroatoms. The lowest BCUT2D eigenvalue weighted by molar-refractivity contribution is -0.384. The molecule has 128 valence electrons. The van der Waals surface area contributed by atoms with E-state index in [9.17, 15) is 19.7 Å². The lowest BCUT2D eigenvalue weighted by Gasteiger charge is -2.22. The van der Waals surface area contributed by atoms with Crippen LogP contribution in [-0.2, 0) is 16.9 Å². The number of nitro benzene ring substituents is 1. The number of rotatable bonds is 4. The topological polar surface area (TPSA) is 92.6 Å². The Bertz CT molecular complexity index is 863. The maximum Gasteiger partial charge on any atom is 0.325 e. The van der Waals surface area contributed by atoms with E-state index in [4.69, 9.17) is 0 Å². The van der Waals surface area contributed by atoms with Crippen LogP contribution in [0.1, 0.15) is 23.6 Å². The van der Waals surface area contributed by atoms with E-state index in [1.807, 2.05) is 31.2 Å². The second-order valence-corrected chi connectivity index (χ2v) is 6.24. The predicted octanol–water partition coefficient (Wildman–Crippen LogP) is 2.87. The number of hydrogen-bond donors (Lipinski definition) is 1. The van der Waals surface area contributed by atoms with Crippen molar-refractivity contribution < 1.29 is 14.5 Å². The number of nitro groups is 1. The maximum absolute atomic E-state index is 12.9. The monoisotopic (exact) mass is 339 g/mol. The van der Waals surface area contributed by atoms with E-state index >= 15 is 0 Å². The molecule has 1 aliphatic heterocycles. The number of aryl methyl sites for hydroxylation is 1. The molecule has 25 heavy (non-hydrogen) atoms. The molecule has 0 unspecified atom stereocenters. The molecular formula is C18H17N3O4. The highest BCUT2D eigenvalue weighted by Gasteiger charge is 2.48. The van der Waals surface area contributed by atoms with Gasteiger partial charge in [0, 0.05) is 12.1 Å². The van der Waals surface area contributed by atoms with Crippen molar-refractivity contribution in [3.05, 3.63) is 75.3 Å². The third-order valence-corrected chi connectivity index (χ3v) is 4.35. The Morgan fingerprint density at radius 3 is 2.44 bits per heavy atom. The fourth-order valence-electron chi connectivity index (χ4n) is 2.95. The normalized spacial score (nSPS) is 19.8. The van der Waals surface area contributed by atoms with E-state index in [0.717, 1.165) is 16.0 Å². The van der Waals surface area contributed by atoms with Gasteiger partial charge in [-0.1, -0.05) is 29.8 Å². The Morgan fingerprint density at radius 1 is 1.16 bits per heavy atom. The first-order valence-electron chi connectivity index (χ1n) is 7.76. The molecule has 2 aromatic rings. The fraction of sp³-hybridized carbons (Fsp3) is 0.222. The van der Waals surface area contributed by atoms with Gasteiger partial charge in [0.15, 0.2) is 0 Å². The molecule has 3 amide bonds. The number of hydrogen-bond acceptors (Lipinski definition) is 4. The molecule has 1 N–H and O–H groups in total. The fourth-order valence-corrected chi connectivity index (χ4v) is 2.95. The second kappa shape index (κ2) is 6.01. The molecule has 1 saturated heterocycles. The van der Waals surface area contributed by atoms with E-state index in [2.05, 4.69) is 5.32 Å². The van der Waals surface area contributed by atoms with Gasteiger partial charge in [-0.2, -0.15) is 0 Å². The van der Waals surface area contributed by atoms with Crippen molar-refractivity contribution in [2.45, 2.75) is 25.9 Å². The van der Waals surface area contributed by atoms with Gasteiger partial charge in [0.05, 0.1) is 11.5 Å². The minimum Gasteiger partial charge on any atom is -0.319 e. The summed E-state index contributed by atoms with van der Waals surface area (Å²) in [6.07, 6.45) is 0. The van der Waals surface area contributed by atoms with Gasteiger partial charge in [0.25, 0.3) is 11.6 Å². The molecule has 2 aromatic carbocycles. The van der Waals surface area contributed by atoms with Crippen molar-refractivity contribution in [2.24, 2.45) is 0 Å². The van der Waals surface area contributed by atoms with Crippen LogP contribution in [0.3, 0.4) is 0 Å². The van der Waals surface area contributed by atoms with Crippen molar-refractivity contribution in [1.82, 2.24) is 10.2 Å². The molecule has 0 aliphatic carbocycles. The van der Waals surface area contributed by atoms with Crippen molar-refractivity contribution in [2.75, 3.05) is 0 Å². The van der Waals surface area contributed by atoms with Crippen LogP contribution in [-0.4, -0.2) is 21.8 Å². The molecule has 0 spiro atoms. The molecule has 1 aliphatic rings. The number of urea groups is 1. The van der Waals surface area contributed by atoms with Gasteiger partial charge in [-0.15, -0.1) is 0 Å². The van der Waals surface area contributed by atoms with Crippen LogP contribution >= 0.6 is 0 Å². The quantitative estimate of drug-likeness (QED) is 0.526. The molecule has 1 fully saturated rings. The van der Waals surface area contributed by atoms with E-state index in [-0.39, 0.29) is 18.1 Å². The average Bonchev–Trinajstić information content (AvgIpc) is 2.79. The van der Waals surface area contributed by atoms with Gasteiger partial charge in [-0.05, 0) is 37.1 Å². The molecule has 0 aromatic heterocycles. The summed E-state index contributed by atoms with van der Waals surface area (Å²) in [6.45, 7) is 3.72. The molecule has 0 bridgehead atoms. The van der Waals surface area contributed by atoms with Gasteiger partial charge >= 0.3 is 6.03 Å². The molecule has 3 rings (SSSR count). The summed E-state index contributed by atoms with van der Waals surface area (Å²) in [6, 6.07) is 12.7. The van der Waals surface area contributed by atoms with E-state index in [1.165, 1.54) is 24.3 Å². The highest BCUT2D eigenvalue weighted by Crippen LogP contribution is 2.30. The van der Waals surface area contributed by atoms with Crippen LogP contribution < -0.4 is 5.32 Å². The molecule has 1 atom stereocenters. The summed E-state index contributed by atoms with van der Waals surface area (Å²) < 4.78 is 0. The Kier molecular flexibility index (Phi) is 4.00. The highest BCUT2D eigenvalue weighted by atomic mass is 16.6. The third-order valence-electron chi connectivity index (χ3n) is 4.35. The van der Waals surface area contributed by atoms with Crippen LogP contribution in [0.2, 0.25) is 0 Å².